The lowest BCUT2D eigenvalue weighted by atomic mass is 9.80. The number of halogens is 1. The molecule has 0 N–H and O–H groups in total. The second-order valence-corrected chi connectivity index (χ2v) is 5.93. The molecule has 0 atom stereocenters. The number of hydrogen-bond acceptors (Lipinski definition) is 2. The molecule has 0 heterocycles. The lowest BCUT2D eigenvalue weighted by Gasteiger charge is -2.25. The lowest BCUT2D eigenvalue weighted by molar-refractivity contribution is -0.113. The van der Waals surface area contributed by atoms with E-state index in [0.717, 1.165) is 0 Å². The fourth-order valence-electron chi connectivity index (χ4n) is 2.10. The molecule has 2 nitrogen and oxygen atoms in total. The molecule has 106 valence electrons. The van der Waals surface area contributed by atoms with Crippen molar-refractivity contribution in [2.45, 2.75) is 51.9 Å². The van der Waals surface area contributed by atoms with Crippen LogP contribution in [0.5, 0.6) is 5.75 Å². The first-order valence-electron chi connectivity index (χ1n) is 6.87. The molecule has 1 aromatic carbocycles. The molecule has 0 aromatic heterocycles. The Bertz CT molecular complexity index is 396. The van der Waals surface area contributed by atoms with E-state index in [4.69, 9.17) is 16.3 Å². The van der Waals surface area contributed by atoms with E-state index in [1.54, 1.807) is 0 Å². The van der Waals surface area contributed by atoms with Crippen molar-refractivity contribution in [2.75, 3.05) is 6.61 Å². The molecule has 1 rings (SSSR count). The van der Waals surface area contributed by atoms with Crippen molar-refractivity contribution in [3.63, 3.8) is 0 Å². The van der Waals surface area contributed by atoms with Crippen molar-refractivity contribution in [2.24, 2.45) is 0 Å². The molecular formula is C16H23ClO2. The molecule has 0 aliphatic heterocycles. The number of carbonyl (C=O) groups excluding carboxylic acids is 1. The standard InChI is InChI=1S/C16H23ClO2/c1-4-5-6-11-16(2,3)13-7-9-14(10-8-13)19-12-15(17)18/h7-10H,4-6,11-12H2,1-3H3. The van der Waals surface area contributed by atoms with E-state index in [-0.39, 0.29) is 12.0 Å². The van der Waals surface area contributed by atoms with Crippen molar-refractivity contribution in [1.82, 2.24) is 0 Å². The highest BCUT2D eigenvalue weighted by Gasteiger charge is 2.19. The number of unbranched alkanes of at least 4 members (excludes halogenated alkanes) is 2. The summed E-state index contributed by atoms with van der Waals surface area (Å²) in [7, 11) is 0. The highest BCUT2D eigenvalue weighted by molar-refractivity contribution is 6.63. The summed E-state index contributed by atoms with van der Waals surface area (Å²) in [6.45, 7) is 6.67. The predicted molar refractivity (Wildman–Crippen MR) is 80.0 cm³/mol. The summed E-state index contributed by atoms with van der Waals surface area (Å²) in [5, 5.41) is -0.482. The zero-order valence-corrected chi connectivity index (χ0v) is 12.8. The summed E-state index contributed by atoms with van der Waals surface area (Å²) in [4.78, 5) is 10.6. The third-order valence-electron chi connectivity index (χ3n) is 3.39. The minimum absolute atomic E-state index is 0.0825. The van der Waals surface area contributed by atoms with Crippen LogP contribution in [0, 0.1) is 0 Å². The minimum atomic E-state index is -0.482. The molecule has 19 heavy (non-hydrogen) atoms. The van der Waals surface area contributed by atoms with Crippen LogP contribution in [0.1, 0.15) is 52.0 Å². The monoisotopic (exact) mass is 282 g/mol. The summed E-state index contributed by atoms with van der Waals surface area (Å²) in [6, 6.07) is 7.94. The number of ether oxygens (including phenoxy) is 1. The SMILES string of the molecule is CCCCCC(C)(C)c1ccc(OCC(=O)Cl)cc1. The Morgan fingerprint density at radius 1 is 1.21 bits per heavy atom. The fraction of sp³-hybridized carbons (Fsp3) is 0.562. The van der Waals surface area contributed by atoms with Gasteiger partial charge in [0.2, 0.25) is 0 Å². The van der Waals surface area contributed by atoms with Gasteiger partial charge in [0, 0.05) is 0 Å². The molecule has 0 saturated heterocycles. The third kappa shape index (κ3) is 5.65. The molecule has 0 unspecified atom stereocenters. The van der Waals surface area contributed by atoms with Crippen molar-refractivity contribution in [3.05, 3.63) is 29.8 Å². The van der Waals surface area contributed by atoms with Gasteiger partial charge in [-0.15, -0.1) is 0 Å². The molecule has 0 saturated carbocycles. The van der Waals surface area contributed by atoms with Gasteiger partial charge in [-0.25, -0.2) is 0 Å². The number of hydrogen-bond donors (Lipinski definition) is 0. The number of carbonyl (C=O) groups is 1. The molecule has 0 amide bonds. The van der Waals surface area contributed by atoms with Crippen molar-refractivity contribution >= 4 is 16.8 Å². The van der Waals surface area contributed by atoms with Crippen LogP contribution in [0.4, 0.5) is 0 Å². The molecule has 0 spiro atoms. The molecule has 0 fully saturated rings. The molecular weight excluding hydrogens is 260 g/mol. The summed E-state index contributed by atoms with van der Waals surface area (Å²) in [5.41, 5.74) is 1.48. The van der Waals surface area contributed by atoms with E-state index in [9.17, 15) is 4.79 Å². The second-order valence-electron chi connectivity index (χ2n) is 5.51. The van der Waals surface area contributed by atoms with Gasteiger partial charge in [0.1, 0.15) is 5.75 Å². The van der Waals surface area contributed by atoms with Gasteiger partial charge in [-0.2, -0.15) is 0 Å². The van der Waals surface area contributed by atoms with Gasteiger partial charge >= 0.3 is 0 Å². The summed E-state index contributed by atoms with van der Waals surface area (Å²) < 4.78 is 5.25. The lowest BCUT2D eigenvalue weighted by Crippen LogP contribution is -2.16. The number of rotatable bonds is 8. The smallest absolute Gasteiger partial charge is 0.259 e. The average molecular weight is 283 g/mol. The highest BCUT2D eigenvalue weighted by atomic mass is 35.5. The first-order valence-corrected chi connectivity index (χ1v) is 7.25. The van der Waals surface area contributed by atoms with Crippen LogP contribution in [0.25, 0.3) is 0 Å². The zero-order valence-electron chi connectivity index (χ0n) is 12.0. The van der Waals surface area contributed by atoms with E-state index in [0.29, 0.717) is 5.75 Å². The Morgan fingerprint density at radius 3 is 2.37 bits per heavy atom. The van der Waals surface area contributed by atoms with Crippen LogP contribution in [-0.2, 0) is 10.2 Å². The van der Waals surface area contributed by atoms with Crippen molar-refractivity contribution in [1.29, 1.82) is 0 Å². The first kappa shape index (κ1) is 16.0. The third-order valence-corrected chi connectivity index (χ3v) is 3.50. The van der Waals surface area contributed by atoms with Crippen LogP contribution in [0.15, 0.2) is 24.3 Å². The Hall–Kier alpha value is -1.02. The average Bonchev–Trinajstić information content (AvgIpc) is 2.37. The van der Waals surface area contributed by atoms with E-state index >= 15 is 0 Å². The molecule has 1 aromatic rings. The van der Waals surface area contributed by atoms with Crippen LogP contribution < -0.4 is 4.74 Å². The topological polar surface area (TPSA) is 26.3 Å². The Morgan fingerprint density at radius 2 is 1.84 bits per heavy atom. The largest absolute Gasteiger partial charge is 0.484 e. The fourth-order valence-corrected chi connectivity index (χ4v) is 2.16. The van der Waals surface area contributed by atoms with Crippen LogP contribution in [-0.4, -0.2) is 11.8 Å². The maximum absolute atomic E-state index is 10.6. The van der Waals surface area contributed by atoms with Crippen LogP contribution in [0.3, 0.4) is 0 Å². The molecule has 0 aliphatic carbocycles. The van der Waals surface area contributed by atoms with Gasteiger partial charge in [-0.05, 0) is 41.1 Å². The van der Waals surface area contributed by atoms with Crippen molar-refractivity contribution < 1.29 is 9.53 Å². The van der Waals surface area contributed by atoms with Gasteiger partial charge in [0.15, 0.2) is 6.61 Å². The van der Waals surface area contributed by atoms with Gasteiger partial charge in [0.05, 0.1) is 0 Å². The summed E-state index contributed by atoms with van der Waals surface area (Å²) >= 11 is 5.24. The molecule has 3 heteroatoms. The number of benzene rings is 1. The Kier molecular flexibility index (Phi) is 6.36. The van der Waals surface area contributed by atoms with Gasteiger partial charge in [-0.3, -0.25) is 4.79 Å². The minimum Gasteiger partial charge on any atom is -0.484 e. The van der Waals surface area contributed by atoms with Crippen molar-refractivity contribution in [3.8, 4) is 5.75 Å². The second kappa shape index (κ2) is 7.54. The predicted octanol–water partition coefficient (Wildman–Crippen LogP) is 4.69. The Labute approximate surface area is 121 Å². The maximum Gasteiger partial charge on any atom is 0.259 e. The Balaban J connectivity index is 2.61. The summed E-state index contributed by atoms with van der Waals surface area (Å²) in [6.07, 6.45) is 4.96. The van der Waals surface area contributed by atoms with Gasteiger partial charge < -0.3 is 4.74 Å². The molecule has 0 aliphatic rings. The van der Waals surface area contributed by atoms with E-state index in [1.807, 2.05) is 12.1 Å². The maximum atomic E-state index is 10.6. The van der Waals surface area contributed by atoms with Crippen LogP contribution >= 0.6 is 11.6 Å². The summed E-state index contributed by atoms with van der Waals surface area (Å²) in [5.74, 6) is 0.683. The quantitative estimate of drug-likeness (QED) is 0.511. The molecule has 0 bridgehead atoms. The van der Waals surface area contributed by atoms with E-state index < -0.39 is 5.24 Å². The van der Waals surface area contributed by atoms with E-state index in [1.165, 1.54) is 31.2 Å². The van der Waals surface area contributed by atoms with Crippen LogP contribution in [0.2, 0.25) is 0 Å². The normalized spacial score (nSPS) is 11.4. The first-order chi connectivity index (χ1) is 8.95. The highest BCUT2D eigenvalue weighted by Crippen LogP contribution is 2.30. The van der Waals surface area contributed by atoms with Gasteiger partial charge in [-0.1, -0.05) is 52.2 Å². The van der Waals surface area contributed by atoms with Gasteiger partial charge in [0.25, 0.3) is 5.24 Å². The zero-order chi connectivity index (χ0) is 14.3. The molecule has 0 radical (unpaired) electrons. The van der Waals surface area contributed by atoms with E-state index in [2.05, 4.69) is 32.9 Å².